The Morgan fingerprint density at radius 3 is 3.00 bits per heavy atom. The third-order valence-corrected chi connectivity index (χ3v) is 3.39. The molecule has 134 valence electrons. The van der Waals surface area contributed by atoms with E-state index < -0.39 is 11.9 Å². The molecule has 1 N–H and O–H groups in total. The fourth-order valence-electron chi connectivity index (χ4n) is 2.27. The number of carbonyl (C=O) groups excluding carboxylic acids is 1. The van der Waals surface area contributed by atoms with E-state index in [-0.39, 0.29) is 13.1 Å². The lowest BCUT2D eigenvalue weighted by atomic mass is 10.1. The molecule has 0 atom stereocenters. The van der Waals surface area contributed by atoms with E-state index in [1.54, 1.807) is 30.6 Å². The molecule has 7 nitrogen and oxygen atoms in total. The molecule has 0 radical (unpaired) electrons. The van der Waals surface area contributed by atoms with Crippen LogP contribution >= 0.6 is 12.2 Å². The second-order valence-electron chi connectivity index (χ2n) is 5.62. The first kappa shape index (κ1) is 17.7. The first-order valence-corrected chi connectivity index (χ1v) is 8.07. The zero-order valence-electron chi connectivity index (χ0n) is 13.9. The van der Waals surface area contributed by atoms with E-state index in [1.807, 2.05) is 0 Å². The van der Waals surface area contributed by atoms with Crippen LogP contribution in [-0.4, -0.2) is 31.7 Å². The first-order chi connectivity index (χ1) is 12.5. The molecular weight excluding hydrogens is 357 g/mol. The Hall–Kier alpha value is -3.16. The molecule has 2 heterocycles. The van der Waals surface area contributed by atoms with Crippen molar-refractivity contribution in [3.05, 3.63) is 42.6 Å². The summed E-state index contributed by atoms with van der Waals surface area (Å²) >= 11 is 4.57. The second-order valence-corrected chi connectivity index (χ2v) is 5.80. The predicted molar refractivity (Wildman–Crippen MR) is 100 cm³/mol. The number of ether oxygens (including phenoxy) is 1. The molecule has 3 rings (SSSR count). The lowest BCUT2D eigenvalue weighted by molar-refractivity contribution is 0.130. The summed E-state index contributed by atoms with van der Waals surface area (Å²) < 4.78 is 20.8. The molecule has 0 aliphatic heterocycles. The minimum Gasteiger partial charge on any atom is -0.447 e. The summed E-state index contributed by atoms with van der Waals surface area (Å²) in [5.74, 6) is -0.0958. The monoisotopic (exact) mass is 373 g/mol. The zero-order chi connectivity index (χ0) is 18.7. The number of nitrogens with one attached hydrogen (secondary N) is 1. The van der Waals surface area contributed by atoms with Crippen molar-refractivity contribution < 1.29 is 15.3 Å². The van der Waals surface area contributed by atoms with Crippen LogP contribution in [-0.2, 0) is 4.74 Å². The third-order valence-electron chi connectivity index (χ3n) is 3.30. The van der Waals surface area contributed by atoms with Crippen LogP contribution in [0.25, 0.3) is 17.0 Å². The predicted octanol–water partition coefficient (Wildman–Crippen LogP) is 4.47. The number of amides is 1. The fraction of sp³-hybridized carbons (Fsp3) is 0.176. The van der Waals surface area contributed by atoms with Gasteiger partial charge in [0.25, 0.3) is 0 Å². The Labute approximate surface area is 155 Å². The van der Waals surface area contributed by atoms with Gasteiger partial charge < -0.3 is 4.74 Å². The number of carbonyl (C=O) groups is 1. The van der Waals surface area contributed by atoms with Crippen LogP contribution in [0.4, 0.5) is 20.6 Å². The van der Waals surface area contributed by atoms with E-state index in [1.165, 1.54) is 24.4 Å². The van der Waals surface area contributed by atoms with Crippen molar-refractivity contribution in [2.24, 2.45) is 4.99 Å². The summed E-state index contributed by atoms with van der Waals surface area (Å²) in [4.78, 5) is 24.0. The summed E-state index contributed by atoms with van der Waals surface area (Å²) in [6, 6.07) is 4.30. The van der Waals surface area contributed by atoms with Crippen LogP contribution in [0.1, 0.15) is 15.3 Å². The number of aromatic nitrogens is 3. The van der Waals surface area contributed by atoms with Crippen molar-refractivity contribution in [2.45, 2.75) is 20.0 Å². The lowest BCUT2D eigenvalue weighted by Gasteiger charge is -2.09. The molecule has 0 bridgehead atoms. The second kappa shape index (κ2) is 7.38. The molecule has 0 saturated heterocycles. The quantitative estimate of drug-likeness (QED) is 0.539. The lowest BCUT2D eigenvalue weighted by Crippen LogP contribution is -2.18. The number of imidazole rings is 1. The molecule has 1 amide bonds. The summed E-state index contributed by atoms with van der Waals surface area (Å²) in [5.41, 5.74) is 1.53. The van der Waals surface area contributed by atoms with Gasteiger partial charge in [0.2, 0.25) is 5.78 Å². The molecule has 2 aromatic heterocycles. The number of isothiocyanates is 1. The Balaban J connectivity index is 0.00000261. The smallest absolute Gasteiger partial charge is 0.411 e. The van der Waals surface area contributed by atoms with E-state index in [0.717, 1.165) is 0 Å². The number of hydrogen-bond donors (Lipinski definition) is 1. The van der Waals surface area contributed by atoms with Gasteiger partial charge in [0.15, 0.2) is 0 Å². The Kier molecular flexibility index (Phi) is 5.01. The molecule has 0 fully saturated rings. The van der Waals surface area contributed by atoms with E-state index in [9.17, 15) is 9.18 Å². The van der Waals surface area contributed by atoms with Gasteiger partial charge in [0.1, 0.15) is 5.82 Å². The number of anilines is 1. The topological polar surface area (TPSA) is 80.9 Å². The van der Waals surface area contributed by atoms with Gasteiger partial charge in [-0.05, 0) is 44.3 Å². The van der Waals surface area contributed by atoms with Gasteiger partial charge in [0.05, 0.1) is 34.5 Å². The highest BCUT2D eigenvalue weighted by molar-refractivity contribution is 7.78. The molecule has 0 aliphatic rings. The highest BCUT2D eigenvalue weighted by Gasteiger charge is 2.12. The number of halogens is 1. The zero-order valence-corrected chi connectivity index (χ0v) is 14.7. The number of fused-ring (bicyclic) bond motifs is 1. The largest absolute Gasteiger partial charge is 0.447 e. The van der Waals surface area contributed by atoms with Crippen LogP contribution in [0.3, 0.4) is 0 Å². The summed E-state index contributed by atoms with van der Waals surface area (Å²) in [6.07, 6.45) is 3.83. The maximum absolute atomic E-state index is 14.2. The van der Waals surface area contributed by atoms with Crippen molar-refractivity contribution >= 4 is 40.6 Å². The van der Waals surface area contributed by atoms with Crippen molar-refractivity contribution in [1.82, 2.24) is 14.4 Å². The van der Waals surface area contributed by atoms with Crippen molar-refractivity contribution in [1.29, 1.82) is 0 Å². The molecular formula is C17H16FN5O2S. The number of benzene rings is 1. The van der Waals surface area contributed by atoms with E-state index in [2.05, 4.69) is 37.7 Å². The van der Waals surface area contributed by atoms with Gasteiger partial charge in [-0.15, -0.1) is 0 Å². The van der Waals surface area contributed by atoms with E-state index in [0.29, 0.717) is 22.8 Å². The molecule has 0 spiro atoms. The summed E-state index contributed by atoms with van der Waals surface area (Å²) in [7, 11) is 0. The van der Waals surface area contributed by atoms with Gasteiger partial charge in [-0.1, -0.05) is 0 Å². The van der Waals surface area contributed by atoms with Crippen LogP contribution in [0.2, 0.25) is 0 Å². The molecule has 0 saturated carbocycles. The SMILES string of the molecule is CC(C)OC(=O)Nc1cnc2nc(-c3cc(N=C=S)ccc3F)cn2c1.[HH]. The van der Waals surface area contributed by atoms with Gasteiger partial charge in [-0.25, -0.2) is 19.2 Å². The van der Waals surface area contributed by atoms with E-state index in [4.69, 9.17) is 4.74 Å². The summed E-state index contributed by atoms with van der Waals surface area (Å²) in [5, 5.41) is 4.81. The van der Waals surface area contributed by atoms with Gasteiger partial charge in [-0.2, -0.15) is 4.99 Å². The van der Waals surface area contributed by atoms with Crippen molar-refractivity contribution in [2.75, 3.05) is 5.32 Å². The Morgan fingerprint density at radius 2 is 2.27 bits per heavy atom. The van der Waals surface area contributed by atoms with Crippen LogP contribution in [0, 0.1) is 5.82 Å². The highest BCUT2D eigenvalue weighted by Crippen LogP contribution is 2.27. The molecule has 9 heteroatoms. The number of hydrogen-bond acceptors (Lipinski definition) is 6. The Morgan fingerprint density at radius 1 is 1.46 bits per heavy atom. The summed E-state index contributed by atoms with van der Waals surface area (Å²) in [6.45, 7) is 3.50. The number of aliphatic imine (C=N–C) groups is 1. The van der Waals surface area contributed by atoms with Crippen molar-refractivity contribution in [3.8, 4) is 11.3 Å². The van der Waals surface area contributed by atoms with E-state index >= 15 is 0 Å². The highest BCUT2D eigenvalue weighted by atomic mass is 32.1. The standard InChI is InChI=1S/C17H14FN5O2S.H2/c1-10(2)25-17(24)21-12-6-19-16-22-15(8-23(16)7-12)13-5-11(20-9-26)3-4-14(13)18;/h3-8,10H,1-2H3,(H,21,24);1H. The molecule has 1 aromatic carbocycles. The number of rotatable bonds is 4. The average Bonchev–Trinajstić information content (AvgIpc) is 2.99. The molecule has 3 aromatic rings. The Bertz CT molecular complexity index is 1030. The molecule has 0 aliphatic carbocycles. The minimum absolute atomic E-state index is 0. The molecule has 26 heavy (non-hydrogen) atoms. The minimum atomic E-state index is -0.585. The van der Waals surface area contributed by atoms with Crippen LogP contribution in [0.5, 0.6) is 0 Å². The first-order valence-electron chi connectivity index (χ1n) is 7.66. The van der Waals surface area contributed by atoms with Gasteiger partial charge in [0, 0.05) is 19.4 Å². The number of nitrogens with zero attached hydrogens (tertiary/aromatic N) is 4. The van der Waals surface area contributed by atoms with Crippen molar-refractivity contribution in [3.63, 3.8) is 0 Å². The molecule has 0 unspecified atom stereocenters. The normalized spacial score (nSPS) is 10.6. The maximum Gasteiger partial charge on any atom is 0.411 e. The maximum atomic E-state index is 14.2. The van der Waals surface area contributed by atoms with Crippen LogP contribution < -0.4 is 5.32 Å². The third kappa shape index (κ3) is 3.90. The van der Waals surface area contributed by atoms with Gasteiger partial charge >= 0.3 is 6.09 Å². The van der Waals surface area contributed by atoms with Crippen LogP contribution in [0.15, 0.2) is 41.8 Å². The fourth-order valence-corrected chi connectivity index (χ4v) is 2.38. The van der Waals surface area contributed by atoms with Gasteiger partial charge in [-0.3, -0.25) is 9.72 Å². The average molecular weight is 373 g/mol. The number of thiocarbonyl (C=S) groups is 1.